The van der Waals surface area contributed by atoms with Crippen molar-refractivity contribution in [1.29, 1.82) is 0 Å². The van der Waals surface area contributed by atoms with Crippen LogP contribution in [0.4, 0.5) is 5.82 Å². The Hall–Kier alpha value is -0.760. The van der Waals surface area contributed by atoms with Crippen molar-refractivity contribution in [1.82, 2.24) is 15.0 Å². The first-order valence-corrected chi connectivity index (χ1v) is 7.97. The van der Waals surface area contributed by atoms with E-state index in [2.05, 4.69) is 56.7 Å². The molecule has 4 nitrogen and oxygen atoms in total. The van der Waals surface area contributed by atoms with Gasteiger partial charge in [-0.15, -0.1) is 11.3 Å². The van der Waals surface area contributed by atoms with E-state index in [-0.39, 0.29) is 0 Å². The van der Waals surface area contributed by atoms with Gasteiger partial charge in [0, 0.05) is 11.9 Å². The van der Waals surface area contributed by atoms with Gasteiger partial charge < -0.3 is 5.32 Å². The van der Waals surface area contributed by atoms with Gasteiger partial charge in [0.25, 0.3) is 0 Å². The standard InChI is InChI=1S/C12H15IN4S/c1-3-5-14-12-10(13)8(4-2)16-11(17-12)9-6-18-7-15-9/h6-7H,3-5H2,1-2H3,(H,14,16,17). The van der Waals surface area contributed by atoms with E-state index in [1.165, 1.54) is 0 Å². The molecule has 18 heavy (non-hydrogen) atoms. The van der Waals surface area contributed by atoms with Crippen LogP contribution in [0.25, 0.3) is 11.5 Å². The average molecular weight is 374 g/mol. The van der Waals surface area contributed by atoms with Gasteiger partial charge in [0.2, 0.25) is 0 Å². The summed E-state index contributed by atoms with van der Waals surface area (Å²) in [7, 11) is 0. The van der Waals surface area contributed by atoms with Crippen LogP contribution >= 0.6 is 33.9 Å². The Morgan fingerprint density at radius 1 is 1.33 bits per heavy atom. The second-order valence-corrected chi connectivity index (χ2v) is 5.61. The Morgan fingerprint density at radius 3 is 2.78 bits per heavy atom. The molecule has 0 saturated carbocycles. The highest BCUT2D eigenvalue weighted by molar-refractivity contribution is 14.1. The lowest BCUT2D eigenvalue weighted by Crippen LogP contribution is -2.08. The molecule has 2 aromatic rings. The van der Waals surface area contributed by atoms with Crippen LogP contribution in [0.3, 0.4) is 0 Å². The second-order valence-electron chi connectivity index (χ2n) is 3.81. The lowest BCUT2D eigenvalue weighted by atomic mass is 10.3. The molecule has 0 atom stereocenters. The highest BCUT2D eigenvalue weighted by Crippen LogP contribution is 2.24. The smallest absolute Gasteiger partial charge is 0.181 e. The number of hydrogen-bond donors (Lipinski definition) is 1. The van der Waals surface area contributed by atoms with Gasteiger partial charge in [0.05, 0.1) is 14.8 Å². The molecule has 0 amide bonds. The van der Waals surface area contributed by atoms with E-state index in [1.54, 1.807) is 16.8 Å². The molecular weight excluding hydrogens is 359 g/mol. The molecule has 0 radical (unpaired) electrons. The van der Waals surface area contributed by atoms with Crippen molar-refractivity contribution >= 4 is 39.7 Å². The molecule has 0 unspecified atom stereocenters. The van der Waals surface area contributed by atoms with Gasteiger partial charge in [0.15, 0.2) is 5.82 Å². The van der Waals surface area contributed by atoms with Gasteiger partial charge in [-0.2, -0.15) is 0 Å². The van der Waals surface area contributed by atoms with Gasteiger partial charge in [-0.3, -0.25) is 0 Å². The fourth-order valence-corrected chi connectivity index (χ4v) is 2.87. The molecule has 6 heteroatoms. The van der Waals surface area contributed by atoms with E-state index >= 15 is 0 Å². The minimum Gasteiger partial charge on any atom is -0.369 e. The molecule has 0 fully saturated rings. The van der Waals surface area contributed by atoms with Crippen molar-refractivity contribution in [3.05, 3.63) is 20.2 Å². The van der Waals surface area contributed by atoms with Gasteiger partial charge in [0.1, 0.15) is 11.5 Å². The third-order valence-electron chi connectivity index (χ3n) is 2.46. The number of nitrogens with one attached hydrogen (secondary N) is 1. The molecule has 0 saturated heterocycles. The van der Waals surface area contributed by atoms with E-state index in [4.69, 9.17) is 0 Å². The monoisotopic (exact) mass is 374 g/mol. The molecule has 2 rings (SSSR count). The minimum atomic E-state index is 0.715. The summed E-state index contributed by atoms with van der Waals surface area (Å²) in [4.78, 5) is 13.4. The van der Waals surface area contributed by atoms with E-state index in [1.807, 2.05) is 5.38 Å². The molecule has 0 aliphatic heterocycles. The zero-order chi connectivity index (χ0) is 13.0. The van der Waals surface area contributed by atoms with E-state index in [0.29, 0.717) is 5.82 Å². The average Bonchev–Trinajstić information content (AvgIpc) is 2.91. The molecule has 2 aromatic heterocycles. The highest BCUT2D eigenvalue weighted by Gasteiger charge is 2.12. The molecular formula is C12H15IN4S. The zero-order valence-corrected chi connectivity index (χ0v) is 13.4. The Labute approximate surface area is 124 Å². The van der Waals surface area contributed by atoms with Crippen molar-refractivity contribution in [2.45, 2.75) is 26.7 Å². The third kappa shape index (κ3) is 2.97. The Morgan fingerprint density at radius 2 is 2.17 bits per heavy atom. The molecule has 0 bridgehead atoms. The maximum Gasteiger partial charge on any atom is 0.181 e. The minimum absolute atomic E-state index is 0.715. The Kier molecular flexibility index (Phi) is 4.87. The van der Waals surface area contributed by atoms with Gasteiger partial charge in [-0.05, 0) is 35.4 Å². The molecule has 96 valence electrons. The first kappa shape index (κ1) is 13.7. The predicted molar refractivity (Wildman–Crippen MR) is 84.0 cm³/mol. The second kappa shape index (κ2) is 6.42. The van der Waals surface area contributed by atoms with Crippen LogP contribution in [0.5, 0.6) is 0 Å². The van der Waals surface area contributed by atoms with Crippen molar-refractivity contribution < 1.29 is 0 Å². The summed E-state index contributed by atoms with van der Waals surface area (Å²) in [6.07, 6.45) is 1.98. The van der Waals surface area contributed by atoms with Gasteiger partial charge in [-0.1, -0.05) is 13.8 Å². The van der Waals surface area contributed by atoms with Crippen molar-refractivity contribution in [2.75, 3.05) is 11.9 Å². The quantitative estimate of drug-likeness (QED) is 0.813. The lowest BCUT2D eigenvalue weighted by molar-refractivity contribution is 0.941. The van der Waals surface area contributed by atoms with Crippen molar-refractivity contribution in [3.8, 4) is 11.5 Å². The summed E-state index contributed by atoms with van der Waals surface area (Å²) in [6, 6.07) is 0. The van der Waals surface area contributed by atoms with E-state index < -0.39 is 0 Å². The first-order valence-electron chi connectivity index (χ1n) is 5.95. The van der Waals surface area contributed by atoms with Crippen LogP contribution in [0, 0.1) is 3.57 Å². The number of hydrogen-bond acceptors (Lipinski definition) is 5. The van der Waals surface area contributed by atoms with Gasteiger partial charge in [-0.25, -0.2) is 15.0 Å². The van der Waals surface area contributed by atoms with Crippen molar-refractivity contribution in [2.24, 2.45) is 0 Å². The number of aromatic nitrogens is 3. The van der Waals surface area contributed by atoms with Crippen LogP contribution in [0.1, 0.15) is 26.0 Å². The number of halogens is 1. The number of nitrogens with zero attached hydrogens (tertiary/aromatic N) is 3. The van der Waals surface area contributed by atoms with Crippen LogP contribution < -0.4 is 5.32 Å². The number of anilines is 1. The summed E-state index contributed by atoms with van der Waals surface area (Å²) in [5.41, 5.74) is 3.74. The molecule has 0 aromatic carbocycles. The summed E-state index contributed by atoms with van der Waals surface area (Å²) in [6.45, 7) is 5.18. The first-order chi connectivity index (χ1) is 8.76. The number of rotatable bonds is 5. The fourth-order valence-electron chi connectivity index (χ4n) is 1.53. The maximum absolute atomic E-state index is 4.59. The maximum atomic E-state index is 4.59. The number of thiazole rings is 1. The molecule has 1 N–H and O–H groups in total. The summed E-state index contributed by atoms with van der Waals surface area (Å²) in [5.74, 6) is 1.64. The normalized spacial score (nSPS) is 10.6. The lowest BCUT2D eigenvalue weighted by Gasteiger charge is -2.11. The Balaban J connectivity index is 2.42. The fraction of sp³-hybridized carbons (Fsp3) is 0.417. The van der Waals surface area contributed by atoms with Crippen LogP contribution in [-0.4, -0.2) is 21.5 Å². The highest BCUT2D eigenvalue weighted by atomic mass is 127. The largest absolute Gasteiger partial charge is 0.369 e. The molecule has 0 aliphatic rings. The molecule has 2 heterocycles. The van der Waals surface area contributed by atoms with Crippen LogP contribution in [0.15, 0.2) is 10.9 Å². The zero-order valence-electron chi connectivity index (χ0n) is 10.4. The molecule has 0 aliphatic carbocycles. The SMILES string of the molecule is CCCNc1nc(-c2cscn2)nc(CC)c1I. The summed E-state index contributed by atoms with van der Waals surface area (Å²) < 4.78 is 1.11. The van der Waals surface area contributed by atoms with E-state index in [9.17, 15) is 0 Å². The third-order valence-corrected chi connectivity index (χ3v) is 4.18. The molecule has 0 spiro atoms. The summed E-state index contributed by atoms with van der Waals surface area (Å²) in [5, 5.41) is 5.33. The van der Waals surface area contributed by atoms with Gasteiger partial charge >= 0.3 is 0 Å². The van der Waals surface area contributed by atoms with Crippen LogP contribution in [-0.2, 0) is 6.42 Å². The topological polar surface area (TPSA) is 50.7 Å². The van der Waals surface area contributed by atoms with Crippen LogP contribution in [0.2, 0.25) is 0 Å². The van der Waals surface area contributed by atoms with Crippen molar-refractivity contribution in [3.63, 3.8) is 0 Å². The Bertz CT molecular complexity index is 513. The summed E-state index contributed by atoms with van der Waals surface area (Å²) >= 11 is 3.87. The van der Waals surface area contributed by atoms with E-state index in [0.717, 1.165) is 40.2 Å². The predicted octanol–water partition coefficient (Wildman–Crippen LogP) is 3.59. The number of aryl methyl sites for hydroxylation is 1.